The van der Waals surface area contributed by atoms with Crippen molar-refractivity contribution < 1.29 is 4.39 Å². The van der Waals surface area contributed by atoms with Crippen LogP contribution in [0.5, 0.6) is 0 Å². The molecule has 1 heterocycles. The summed E-state index contributed by atoms with van der Waals surface area (Å²) >= 11 is 0. The zero-order chi connectivity index (χ0) is 13.7. The van der Waals surface area contributed by atoms with E-state index < -0.39 is 0 Å². The van der Waals surface area contributed by atoms with Crippen LogP contribution in [-0.4, -0.2) is 17.5 Å². The van der Waals surface area contributed by atoms with E-state index in [1.807, 2.05) is 12.1 Å². The Bertz CT molecular complexity index is 406. The van der Waals surface area contributed by atoms with Gasteiger partial charge in [-0.1, -0.05) is 38.0 Å². The minimum absolute atomic E-state index is 0.107. The summed E-state index contributed by atoms with van der Waals surface area (Å²) in [5.41, 5.74) is 7.00. The minimum Gasteiger partial charge on any atom is -0.326 e. The van der Waals surface area contributed by atoms with Crippen molar-refractivity contribution in [3.8, 4) is 0 Å². The molecule has 1 saturated heterocycles. The van der Waals surface area contributed by atoms with E-state index in [0.717, 1.165) is 25.1 Å². The first-order chi connectivity index (χ1) is 9.26. The van der Waals surface area contributed by atoms with Gasteiger partial charge in [0.25, 0.3) is 0 Å². The van der Waals surface area contributed by atoms with Gasteiger partial charge in [0.15, 0.2) is 0 Å². The number of rotatable bonds is 4. The van der Waals surface area contributed by atoms with E-state index in [1.54, 1.807) is 6.07 Å². The molecular formula is C16H25FN2. The second-order valence-corrected chi connectivity index (χ2v) is 5.48. The number of nitrogens with two attached hydrogens (primary N) is 1. The Morgan fingerprint density at radius 3 is 2.79 bits per heavy atom. The average Bonchev–Trinajstić information content (AvgIpc) is 2.66. The van der Waals surface area contributed by atoms with Gasteiger partial charge in [-0.3, -0.25) is 4.90 Å². The van der Waals surface area contributed by atoms with Gasteiger partial charge in [-0.05, 0) is 25.8 Å². The Kier molecular flexibility index (Phi) is 5.34. The molecule has 1 atom stereocenters. The van der Waals surface area contributed by atoms with Gasteiger partial charge in [-0.25, -0.2) is 4.39 Å². The summed E-state index contributed by atoms with van der Waals surface area (Å²) < 4.78 is 14.3. The minimum atomic E-state index is -0.107. The van der Waals surface area contributed by atoms with Crippen molar-refractivity contribution in [3.05, 3.63) is 35.1 Å². The molecule has 1 aromatic rings. The second kappa shape index (κ2) is 7.01. The van der Waals surface area contributed by atoms with E-state index in [2.05, 4.69) is 11.8 Å². The highest BCUT2D eigenvalue weighted by Crippen LogP contribution is 2.23. The predicted octanol–water partition coefficient (Wildman–Crippen LogP) is 3.44. The summed E-state index contributed by atoms with van der Waals surface area (Å²) in [5, 5.41) is 0. The standard InChI is InChI=1S/C16H25FN2/c1-2-15-9-4-3-5-10-19(15)12-14-8-6-7-13(11-18)16(14)17/h6-8,15H,2-5,9-12,18H2,1H3. The molecule has 0 bridgehead atoms. The fourth-order valence-electron chi connectivity index (χ4n) is 3.04. The summed E-state index contributed by atoms with van der Waals surface area (Å²) in [4.78, 5) is 2.45. The van der Waals surface area contributed by atoms with Crippen LogP contribution >= 0.6 is 0 Å². The molecule has 0 aromatic heterocycles. The SMILES string of the molecule is CCC1CCCCCN1Cc1cccc(CN)c1F. The number of hydrogen-bond acceptors (Lipinski definition) is 2. The third-order valence-electron chi connectivity index (χ3n) is 4.22. The van der Waals surface area contributed by atoms with Crippen LogP contribution in [0, 0.1) is 5.82 Å². The van der Waals surface area contributed by atoms with Crippen molar-refractivity contribution in [2.24, 2.45) is 5.73 Å². The molecule has 1 aromatic carbocycles. The Balaban J connectivity index is 2.14. The Hall–Kier alpha value is -0.930. The molecule has 1 fully saturated rings. The fraction of sp³-hybridized carbons (Fsp3) is 0.625. The highest BCUT2D eigenvalue weighted by Gasteiger charge is 2.20. The van der Waals surface area contributed by atoms with Gasteiger partial charge < -0.3 is 5.73 Å². The third kappa shape index (κ3) is 3.54. The van der Waals surface area contributed by atoms with E-state index in [9.17, 15) is 4.39 Å². The Morgan fingerprint density at radius 1 is 1.26 bits per heavy atom. The van der Waals surface area contributed by atoms with Crippen LogP contribution in [0.25, 0.3) is 0 Å². The Morgan fingerprint density at radius 2 is 2.05 bits per heavy atom. The van der Waals surface area contributed by atoms with Gasteiger partial charge in [0.2, 0.25) is 0 Å². The van der Waals surface area contributed by atoms with Gasteiger partial charge in [0.1, 0.15) is 5.82 Å². The van der Waals surface area contributed by atoms with Crippen LogP contribution in [-0.2, 0) is 13.1 Å². The predicted molar refractivity (Wildman–Crippen MR) is 77.2 cm³/mol. The number of likely N-dealkylation sites (tertiary alicyclic amines) is 1. The highest BCUT2D eigenvalue weighted by molar-refractivity contribution is 5.26. The van der Waals surface area contributed by atoms with Gasteiger partial charge in [0.05, 0.1) is 0 Å². The van der Waals surface area contributed by atoms with Gasteiger partial charge in [-0.15, -0.1) is 0 Å². The molecule has 19 heavy (non-hydrogen) atoms. The lowest BCUT2D eigenvalue weighted by Crippen LogP contribution is -2.34. The molecule has 2 nitrogen and oxygen atoms in total. The largest absolute Gasteiger partial charge is 0.326 e. The van der Waals surface area contributed by atoms with E-state index in [4.69, 9.17) is 5.73 Å². The fourth-order valence-corrected chi connectivity index (χ4v) is 3.04. The summed E-state index contributed by atoms with van der Waals surface area (Å²) in [7, 11) is 0. The summed E-state index contributed by atoms with van der Waals surface area (Å²) in [6, 6.07) is 6.19. The lowest BCUT2D eigenvalue weighted by Gasteiger charge is -2.29. The van der Waals surface area contributed by atoms with Crippen molar-refractivity contribution >= 4 is 0 Å². The Labute approximate surface area is 115 Å². The normalized spacial score (nSPS) is 21.3. The van der Waals surface area contributed by atoms with Gasteiger partial charge >= 0.3 is 0 Å². The number of benzene rings is 1. The highest BCUT2D eigenvalue weighted by atomic mass is 19.1. The second-order valence-electron chi connectivity index (χ2n) is 5.48. The average molecular weight is 264 g/mol. The molecule has 0 saturated carbocycles. The van der Waals surface area contributed by atoms with Crippen LogP contribution in [0.1, 0.15) is 50.2 Å². The maximum absolute atomic E-state index is 14.3. The zero-order valence-electron chi connectivity index (χ0n) is 11.9. The molecule has 0 radical (unpaired) electrons. The van der Waals surface area contributed by atoms with E-state index in [1.165, 1.54) is 25.7 Å². The lowest BCUT2D eigenvalue weighted by molar-refractivity contribution is 0.184. The van der Waals surface area contributed by atoms with Crippen molar-refractivity contribution in [2.45, 2.75) is 58.2 Å². The van der Waals surface area contributed by atoms with E-state index in [0.29, 0.717) is 11.6 Å². The lowest BCUT2D eigenvalue weighted by atomic mass is 10.1. The van der Waals surface area contributed by atoms with Crippen LogP contribution in [0.4, 0.5) is 4.39 Å². The first-order valence-electron chi connectivity index (χ1n) is 7.46. The van der Waals surface area contributed by atoms with Gasteiger partial charge in [-0.2, -0.15) is 0 Å². The zero-order valence-corrected chi connectivity index (χ0v) is 11.9. The van der Waals surface area contributed by atoms with Crippen molar-refractivity contribution in [1.29, 1.82) is 0 Å². The van der Waals surface area contributed by atoms with Crippen molar-refractivity contribution in [2.75, 3.05) is 6.54 Å². The molecule has 3 heteroatoms. The molecule has 0 aliphatic carbocycles. The number of hydrogen-bond donors (Lipinski definition) is 1. The maximum atomic E-state index is 14.3. The molecule has 2 N–H and O–H groups in total. The monoisotopic (exact) mass is 264 g/mol. The molecule has 0 spiro atoms. The molecule has 1 unspecified atom stereocenters. The maximum Gasteiger partial charge on any atom is 0.132 e. The van der Waals surface area contributed by atoms with E-state index >= 15 is 0 Å². The van der Waals surface area contributed by atoms with Gasteiger partial charge in [0, 0.05) is 30.3 Å². The van der Waals surface area contributed by atoms with E-state index in [-0.39, 0.29) is 12.4 Å². The first-order valence-corrected chi connectivity index (χ1v) is 7.46. The van der Waals surface area contributed by atoms with Crippen molar-refractivity contribution in [1.82, 2.24) is 4.90 Å². The smallest absolute Gasteiger partial charge is 0.132 e. The molecule has 0 amide bonds. The number of halogens is 1. The first kappa shape index (κ1) is 14.5. The summed E-state index contributed by atoms with van der Waals surface area (Å²) in [6.07, 6.45) is 6.24. The van der Waals surface area contributed by atoms with Crippen LogP contribution in [0.15, 0.2) is 18.2 Å². The summed E-state index contributed by atoms with van der Waals surface area (Å²) in [6.45, 7) is 4.31. The summed E-state index contributed by atoms with van der Waals surface area (Å²) in [5.74, 6) is -0.107. The van der Waals surface area contributed by atoms with Crippen LogP contribution < -0.4 is 5.73 Å². The molecule has 2 rings (SSSR count). The van der Waals surface area contributed by atoms with Crippen LogP contribution in [0.3, 0.4) is 0 Å². The molecule has 106 valence electrons. The quantitative estimate of drug-likeness (QED) is 0.902. The molecule has 1 aliphatic rings. The topological polar surface area (TPSA) is 29.3 Å². The molecule has 1 aliphatic heterocycles. The number of nitrogens with zero attached hydrogens (tertiary/aromatic N) is 1. The molecular weight excluding hydrogens is 239 g/mol. The third-order valence-corrected chi connectivity index (χ3v) is 4.22. The van der Waals surface area contributed by atoms with Crippen molar-refractivity contribution in [3.63, 3.8) is 0 Å². The van der Waals surface area contributed by atoms with Crippen LogP contribution in [0.2, 0.25) is 0 Å².